The number of nitrogens with zero attached hydrogens (tertiary/aromatic N) is 3. The van der Waals surface area contributed by atoms with E-state index in [-0.39, 0.29) is 7.33 Å². The molecule has 2 aromatic carbocycles. The molecule has 6 nitrogen and oxygen atoms in total. The predicted molar refractivity (Wildman–Crippen MR) is 115 cm³/mol. The van der Waals surface area contributed by atoms with E-state index in [1.807, 2.05) is 49.5 Å². The van der Waals surface area contributed by atoms with E-state index >= 15 is 0 Å². The summed E-state index contributed by atoms with van der Waals surface area (Å²) in [5.74, 6) is 1.87. The summed E-state index contributed by atoms with van der Waals surface area (Å²) in [6, 6.07) is 16.8. The maximum Gasteiger partial charge on any atom is 0.269 e. The van der Waals surface area contributed by atoms with E-state index in [0.717, 1.165) is 27.4 Å². The SMILES string of the molecule is CNC(=O)c1cc(Oc2ccc3c(c2)nc(Cc2ccc(Cl)cc2)n3C)ccn1.[HH]. The molecule has 29 heavy (non-hydrogen) atoms. The number of hydrogen-bond acceptors (Lipinski definition) is 4. The Bertz CT molecular complexity index is 1190. The van der Waals surface area contributed by atoms with E-state index in [1.165, 1.54) is 0 Å². The largest absolute Gasteiger partial charge is 0.457 e. The number of aromatic nitrogens is 3. The van der Waals surface area contributed by atoms with Gasteiger partial charge in [-0.1, -0.05) is 23.7 Å². The molecule has 0 saturated heterocycles. The van der Waals surface area contributed by atoms with Gasteiger partial charge < -0.3 is 14.6 Å². The molecule has 0 aliphatic heterocycles. The zero-order valence-electron chi connectivity index (χ0n) is 16.0. The molecule has 4 aromatic rings. The highest BCUT2D eigenvalue weighted by molar-refractivity contribution is 6.30. The number of halogens is 1. The molecule has 0 aliphatic rings. The molecule has 7 heteroatoms. The number of carbonyl (C=O) groups is 1. The van der Waals surface area contributed by atoms with Gasteiger partial charge in [0.05, 0.1) is 11.0 Å². The number of ether oxygens (including phenoxy) is 1. The van der Waals surface area contributed by atoms with Crippen LogP contribution in [0.4, 0.5) is 0 Å². The molecule has 0 radical (unpaired) electrons. The number of pyridine rings is 1. The number of rotatable bonds is 5. The summed E-state index contributed by atoms with van der Waals surface area (Å²) in [4.78, 5) is 20.6. The van der Waals surface area contributed by atoms with Gasteiger partial charge in [0, 0.05) is 45.3 Å². The molecule has 0 fully saturated rings. The first-order chi connectivity index (χ1) is 14.0. The monoisotopic (exact) mass is 408 g/mol. The average Bonchev–Trinajstić information content (AvgIpc) is 3.04. The van der Waals surface area contributed by atoms with Crippen molar-refractivity contribution in [2.45, 2.75) is 6.42 Å². The summed E-state index contributed by atoms with van der Waals surface area (Å²) in [7, 11) is 3.56. The van der Waals surface area contributed by atoms with Gasteiger partial charge in [0.15, 0.2) is 0 Å². The summed E-state index contributed by atoms with van der Waals surface area (Å²) in [6.45, 7) is 0. The van der Waals surface area contributed by atoms with Gasteiger partial charge in [-0.15, -0.1) is 0 Å². The lowest BCUT2D eigenvalue weighted by molar-refractivity contribution is 0.0958. The lowest BCUT2D eigenvalue weighted by atomic mass is 10.1. The van der Waals surface area contributed by atoms with E-state index in [9.17, 15) is 4.79 Å². The van der Waals surface area contributed by atoms with Gasteiger partial charge in [0.2, 0.25) is 0 Å². The van der Waals surface area contributed by atoms with E-state index in [0.29, 0.717) is 23.6 Å². The molecule has 0 unspecified atom stereocenters. The number of benzene rings is 2. The zero-order chi connectivity index (χ0) is 20.4. The number of nitrogens with one attached hydrogen (secondary N) is 1. The Kier molecular flexibility index (Phi) is 5.18. The molecule has 0 bridgehead atoms. The summed E-state index contributed by atoms with van der Waals surface area (Å²) >= 11 is 5.97. The van der Waals surface area contributed by atoms with Crippen LogP contribution < -0.4 is 10.1 Å². The summed E-state index contributed by atoms with van der Waals surface area (Å²) in [5.41, 5.74) is 3.30. The summed E-state index contributed by atoms with van der Waals surface area (Å²) in [6.07, 6.45) is 2.25. The van der Waals surface area contributed by atoms with Crippen LogP contribution in [0, 0.1) is 0 Å². The van der Waals surface area contributed by atoms with Crippen LogP contribution in [0.5, 0.6) is 11.5 Å². The topological polar surface area (TPSA) is 69.0 Å². The van der Waals surface area contributed by atoms with Crippen molar-refractivity contribution in [2.24, 2.45) is 7.05 Å². The lowest BCUT2D eigenvalue weighted by Gasteiger charge is -2.07. The second kappa shape index (κ2) is 7.93. The fraction of sp³-hybridized carbons (Fsp3) is 0.136. The third kappa shape index (κ3) is 4.07. The van der Waals surface area contributed by atoms with E-state index in [4.69, 9.17) is 21.3 Å². The molecular formula is C22H21ClN4O2. The van der Waals surface area contributed by atoms with E-state index in [2.05, 4.69) is 14.9 Å². The Labute approximate surface area is 174 Å². The standard InChI is InChI=1S/C22H19ClN4O2.H2/c1-24-22(28)19-13-17(9-10-25-19)29-16-7-8-20-18(12-16)26-21(27(20)2)11-14-3-5-15(23)6-4-14;/h3-10,12-13H,11H2,1-2H3,(H,24,28);1H. The fourth-order valence-corrected chi connectivity index (χ4v) is 3.22. The Morgan fingerprint density at radius 3 is 2.66 bits per heavy atom. The van der Waals surface area contributed by atoms with Crippen LogP contribution in [0.25, 0.3) is 11.0 Å². The van der Waals surface area contributed by atoms with Crippen molar-refractivity contribution in [1.29, 1.82) is 0 Å². The van der Waals surface area contributed by atoms with Crippen molar-refractivity contribution < 1.29 is 11.0 Å². The Morgan fingerprint density at radius 1 is 1.14 bits per heavy atom. The number of hydrogen-bond donors (Lipinski definition) is 1. The smallest absolute Gasteiger partial charge is 0.269 e. The molecule has 0 saturated carbocycles. The molecule has 1 amide bonds. The van der Waals surface area contributed by atoms with Crippen LogP contribution in [0.3, 0.4) is 0 Å². The molecule has 0 aliphatic carbocycles. The van der Waals surface area contributed by atoms with Crippen LogP contribution >= 0.6 is 11.6 Å². The first kappa shape index (κ1) is 19.0. The third-order valence-electron chi connectivity index (χ3n) is 4.65. The molecule has 4 rings (SSSR count). The van der Waals surface area contributed by atoms with E-state index < -0.39 is 0 Å². The summed E-state index contributed by atoms with van der Waals surface area (Å²) in [5, 5.41) is 3.27. The molecule has 148 valence electrons. The average molecular weight is 409 g/mol. The van der Waals surface area contributed by atoms with Crippen LogP contribution in [-0.2, 0) is 13.5 Å². The summed E-state index contributed by atoms with van der Waals surface area (Å²) < 4.78 is 7.99. The number of imidazole rings is 1. The normalized spacial score (nSPS) is 10.9. The Morgan fingerprint density at radius 2 is 1.90 bits per heavy atom. The van der Waals surface area contributed by atoms with Crippen LogP contribution in [-0.4, -0.2) is 27.5 Å². The predicted octanol–water partition coefficient (Wildman–Crippen LogP) is 4.61. The zero-order valence-corrected chi connectivity index (χ0v) is 16.8. The molecule has 0 atom stereocenters. The van der Waals surface area contributed by atoms with Crippen LogP contribution in [0.2, 0.25) is 5.02 Å². The van der Waals surface area contributed by atoms with Gasteiger partial charge in [-0.3, -0.25) is 9.78 Å². The minimum absolute atomic E-state index is 0. The number of aryl methyl sites for hydroxylation is 1. The molecule has 2 heterocycles. The van der Waals surface area contributed by atoms with Crippen molar-refractivity contribution in [2.75, 3.05) is 7.05 Å². The van der Waals surface area contributed by atoms with Crippen molar-refractivity contribution in [1.82, 2.24) is 19.9 Å². The van der Waals surface area contributed by atoms with Gasteiger partial charge in [-0.25, -0.2) is 4.98 Å². The van der Waals surface area contributed by atoms with Crippen molar-refractivity contribution in [3.63, 3.8) is 0 Å². The first-order valence-corrected chi connectivity index (χ1v) is 9.47. The van der Waals surface area contributed by atoms with Crippen molar-refractivity contribution >= 4 is 28.5 Å². The molecule has 0 spiro atoms. The quantitative estimate of drug-likeness (QED) is 0.523. The maximum absolute atomic E-state index is 11.8. The number of amides is 1. The number of fused-ring (bicyclic) bond motifs is 1. The third-order valence-corrected chi connectivity index (χ3v) is 4.90. The Hall–Kier alpha value is -3.38. The first-order valence-electron chi connectivity index (χ1n) is 9.09. The molecule has 2 aromatic heterocycles. The van der Waals surface area contributed by atoms with Crippen LogP contribution in [0.1, 0.15) is 23.3 Å². The van der Waals surface area contributed by atoms with Crippen molar-refractivity contribution in [3.8, 4) is 11.5 Å². The number of carbonyl (C=O) groups excluding carboxylic acids is 1. The molecule has 1 N–H and O–H groups in total. The minimum atomic E-state index is -0.262. The van der Waals surface area contributed by atoms with E-state index in [1.54, 1.807) is 25.4 Å². The fourth-order valence-electron chi connectivity index (χ4n) is 3.10. The van der Waals surface area contributed by atoms with Gasteiger partial charge in [0.1, 0.15) is 23.0 Å². The molecular weight excluding hydrogens is 388 g/mol. The highest BCUT2D eigenvalue weighted by Gasteiger charge is 2.11. The highest BCUT2D eigenvalue weighted by atomic mass is 35.5. The van der Waals surface area contributed by atoms with Crippen molar-refractivity contribution in [3.05, 3.63) is 82.9 Å². The lowest BCUT2D eigenvalue weighted by Crippen LogP contribution is -2.18. The van der Waals surface area contributed by atoms with Gasteiger partial charge in [-0.2, -0.15) is 0 Å². The van der Waals surface area contributed by atoms with Gasteiger partial charge in [0.25, 0.3) is 5.91 Å². The van der Waals surface area contributed by atoms with Gasteiger partial charge >= 0.3 is 0 Å². The maximum atomic E-state index is 11.8. The second-order valence-corrected chi connectivity index (χ2v) is 7.04. The van der Waals surface area contributed by atoms with Gasteiger partial charge in [-0.05, 0) is 35.9 Å². The second-order valence-electron chi connectivity index (χ2n) is 6.60. The van der Waals surface area contributed by atoms with Crippen LogP contribution in [0.15, 0.2) is 60.8 Å². The Balaban J connectivity index is 0.00000256. The highest BCUT2D eigenvalue weighted by Crippen LogP contribution is 2.26. The minimum Gasteiger partial charge on any atom is -0.457 e.